The van der Waals surface area contributed by atoms with Crippen LogP contribution in [0.25, 0.3) is 22.3 Å². The number of aromatic amines is 1. The van der Waals surface area contributed by atoms with E-state index < -0.39 is 10.2 Å². The van der Waals surface area contributed by atoms with Crippen LogP contribution in [0.2, 0.25) is 0 Å². The maximum absolute atomic E-state index is 13.2. The Morgan fingerprint density at radius 2 is 1.71 bits per heavy atom. The number of benzene rings is 1. The first-order valence-electron chi connectivity index (χ1n) is 14.1. The van der Waals surface area contributed by atoms with Gasteiger partial charge in [0.25, 0.3) is 0 Å². The normalized spacial score (nSPS) is 19.9. The molecule has 3 aliphatic heterocycles. The second-order valence-corrected chi connectivity index (χ2v) is 12.3. The van der Waals surface area contributed by atoms with Crippen LogP contribution in [0, 0.1) is 0 Å². The molecule has 0 aliphatic carbocycles. The Bertz CT molecular complexity index is 1490. The zero-order valence-electron chi connectivity index (χ0n) is 23.0. The number of amides is 1. The minimum atomic E-state index is -3.68. The van der Waals surface area contributed by atoms with Gasteiger partial charge < -0.3 is 19.5 Å². The fourth-order valence-electron chi connectivity index (χ4n) is 5.93. The summed E-state index contributed by atoms with van der Waals surface area (Å²) in [5, 5.41) is 0.948. The van der Waals surface area contributed by atoms with Gasteiger partial charge in [0, 0.05) is 69.8 Å². The molecule has 218 valence electrons. The molecular formula is C28H36N8O4S. The molecule has 2 N–H and O–H groups in total. The molecule has 5 heterocycles. The third-order valence-corrected chi connectivity index (χ3v) is 9.78. The molecule has 0 unspecified atom stereocenters. The summed E-state index contributed by atoms with van der Waals surface area (Å²) in [7, 11) is -3.68. The van der Waals surface area contributed by atoms with Gasteiger partial charge in [-0.1, -0.05) is 18.7 Å². The van der Waals surface area contributed by atoms with E-state index in [4.69, 9.17) is 4.74 Å². The number of likely N-dealkylation sites (tertiary alicyclic amines) is 1. The molecule has 41 heavy (non-hydrogen) atoms. The lowest BCUT2D eigenvalue weighted by atomic mass is 10.0. The predicted octanol–water partition coefficient (Wildman–Crippen LogP) is 1.91. The molecule has 12 nitrogen and oxygen atoms in total. The van der Waals surface area contributed by atoms with Crippen molar-refractivity contribution in [1.82, 2.24) is 29.1 Å². The highest BCUT2D eigenvalue weighted by Crippen LogP contribution is 2.30. The van der Waals surface area contributed by atoms with Crippen LogP contribution in [0.3, 0.4) is 0 Å². The van der Waals surface area contributed by atoms with E-state index >= 15 is 0 Å². The number of ether oxygens (including phenoxy) is 1. The Kier molecular flexibility index (Phi) is 7.93. The van der Waals surface area contributed by atoms with Crippen molar-refractivity contribution < 1.29 is 17.9 Å². The number of anilines is 2. The minimum Gasteiger partial charge on any atom is -0.378 e. The molecular weight excluding hydrogens is 544 g/mol. The molecule has 0 radical (unpaired) electrons. The summed E-state index contributed by atoms with van der Waals surface area (Å²) < 4.78 is 36.0. The molecule has 3 aromatic rings. The SMILES string of the molecule is C=CC(=O)N1CCC(N2CCN(S(=O)(=O)Nc3ccc(-c4cc5c(N6CCOCC6)ncnc5[nH]4)cc3)CC2)CC1. The number of morpholine rings is 1. The molecule has 0 saturated carbocycles. The van der Waals surface area contributed by atoms with Crippen LogP contribution >= 0.6 is 0 Å². The zero-order valence-corrected chi connectivity index (χ0v) is 23.9. The van der Waals surface area contributed by atoms with Crippen molar-refractivity contribution >= 4 is 38.7 Å². The summed E-state index contributed by atoms with van der Waals surface area (Å²) in [6.45, 7) is 10.1. The van der Waals surface area contributed by atoms with Gasteiger partial charge in [-0.3, -0.25) is 14.4 Å². The van der Waals surface area contributed by atoms with Gasteiger partial charge >= 0.3 is 10.2 Å². The average molecular weight is 581 g/mol. The maximum atomic E-state index is 13.2. The number of H-pyrrole nitrogens is 1. The third-order valence-electron chi connectivity index (χ3n) is 8.24. The monoisotopic (exact) mass is 580 g/mol. The van der Waals surface area contributed by atoms with Crippen molar-refractivity contribution in [3.63, 3.8) is 0 Å². The average Bonchev–Trinajstić information content (AvgIpc) is 3.46. The van der Waals surface area contributed by atoms with Gasteiger partial charge in [0.1, 0.15) is 17.8 Å². The largest absolute Gasteiger partial charge is 0.378 e. The van der Waals surface area contributed by atoms with Crippen molar-refractivity contribution in [3.05, 3.63) is 49.3 Å². The number of hydrogen-bond donors (Lipinski definition) is 2. The Hall–Kier alpha value is -3.52. The predicted molar refractivity (Wildman–Crippen MR) is 158 cm³/mol. The molecule has 3 saturated heterocycles. The smallest absolute Gasteiger partial charge is 0.301 e. The van der Waals surface area contributed by atoms with Crippen LogP contribution in [0.15, 0.2) is 49.3 Å². The topological polar surface area (TPSA) is 127 Å². The lowest BCUT2D eigenvalue weighted by Crippen LogP contribution is -2.55. The molecule has 3 aliphatic rings. The standard InChI is InChI=1S/C28H36N8O4S/c1-2-26(37)34-9-7-23(8-10-34)33-11-13-36(14-12-33)41(38,39)32-22-5-3-21(4-6-22)25-19-24-27(31-25)29-20-30-28(24)35-15-17-40-18-16-35/h2-6,19-20,23,32H,1,7-18H2,(H,29,30,31). The Morgan fingerprint density at radius 1 is 1.00 bits per heavy atom. The van der Waals surface area contributed by atoms with E-state index in [0.717, 1.165) is 54.0 Å². The number of hydrogen-bond acceptors (Lipinski definition) is 8. The van der Waals surface area contributed by atoms with Crippen LogP contribution in [-0.4, -0.2) is 115 Å². The fraction of sp³-hybridized carbons (Fsp3) is 0.464. The van der Waals surface area contributed by atoms with Gasteiger partial charge in [0.2, 0.25) is 5.91 Å². The van der Waals surface area contributed by atoms with Gasteiger partial charge in [0.15, 0.2) is 0 Å². The zero-order chi connectivity index (χ0) is 28.4. The van der Waals surface area contributed by atoms with Crippen LogP contribution in [0.1, 0.15) is 12.8 Å². The van der Waals surface area contributed by atoms with Gasteiger partial charge in [-0.2, -0.15) is 12.7 Å². The van der Waals surface area contributed by atoms with Crippen molar-refractivity contribution in [1.29, 1.82) is 0 Å². The lowest BCUT2D eigenvalue weighted by molar-refractivity contribution is -0.127. The quantitative estimate of drug-likeness (QED) is 0.406. The molecule has 1 amide bonds. The molecule has 13 heteroatoms. The molecule has 3 fully saturated rings. The summed E-state index contributed by atoms with van der Waals surface area (Å²) in [6.07, 6.45) is 4.73. The summed E-state index contributed by atoms with van der Waals surface area (Å²) >= 11 is 0. The first-order chi connectivity index (χ1) is 19.9. The van der Waals surface area contributed by atoms with Crippen LogP contribution in [-0.2, 0) is 19.7 Å². The summed E-state index contributed by atoms with van der Waals surface area (Å²) in [5.74, 6) is 0.866. The van der Waals surface area contributed by atoms with E-state index in [-0.39, 0.29) is 5.91 Å². The van der Waals surface area contributed by atoms with E-state index in [9.17, 15) is 13.2 Å². The Labute approximate surface area is 240 Å². The second-order valence-electron chi connectivity index (χ2n) is 10.6. The maximum Gasteiger partial charge on any atom is 0.301 e. The van der Waals surface area contributed by atoms with E-state index in [1.54, 1.807) is 18.5 Å². The van der Waals surface area contributed by atoms with Gasteiger partial charge in [0.05, 0.1) is 18.6 Å². The highest BCUT2D eigenvalue weighted by atomic mass is 32.2. The Balaban J connectivity index is 1.06. The molecule has 0 atom stereocenters. The number of aromatic nitrogens is 3. The van der Waals surface area contributed by atoms with E-state index in [2.05, 4.69) is 36.1 Å². The molecule has 1 aromatic carbocycles. The minimum absolute atomic E-state index is 0.0213. The number of rotatable bonds is 7. The first kappa shape index (κ1) is 27.6. The molecule has 2 aromatic heterocycles. The lowest BCUT2D eigenvalue weighted by Gasteiger charge is -2.42. The number of nitrogens with one attached hydrogen (secondary N) is 2. The number of piperazine rings is 1. The number of carbonyl (C=O) groups excluding carboxylic acids is 1. The molecule has 6 rings (SSSR count). The van der Waals surface area contributed by atoms with E-state index in [0.29, 0.717) is 64.2 Å². The van der Waals surface area contributed by atoms with Crippen LogP contribution in [0.5, 0.6) is 0 Å². The van der Waals surface area contributed by atoms with Gasteiger partial charge in [-0.25, -0.2) is 9.97 Å². The van der Waals surface area contributed by atoms with Crippen LogP contribution in [0.4, 0.5) is 11.5 Å². The van der Waals surface area contributed by atoms with E-state index in [1.807, 2.05) is 23.1 Å². The van der Waals surface area contributed by atoms with Crippen molar-refractivity contribution in [2.45, 2.75) is 18.9 Å². The molecule has 0 bridgehead atoms. The highest BCUT2D eigenvalue weighted by Gasteiger charge is 2.32. The summed E-state index contributed by atoms with van der Waals surface area (Å²) in [4.78, 5) is 30.5. The Morgan fingerprint density at radius 3 is 2.39 bits per heavy atom. The number of nitrogens with zero attached hydrogens (tertiary/aromatic N) is 6. The molecule has 0 spiro atoms. The van der Waals surface area contributed by atoms with Crippen LogP contribution < -0.4 is 9.62 Å². The summed E-state index contributed by atoms with van der Waals surface area (Å²) in [5.41, 5.74) is 3.09. The first-order valence-corrected chi connectivity index (χ1v) is 15.6. The number of carbonyl (C=O) groups is 1. The third kappa shape index (κ3) is 5.94. The highest BCUT2D eigenvalue weighted by molar-refractivity contribution is 7.90. The van der Waals surface area contributed by atoms with Crippen molar-refractivity contribution in [2.24, 2.45) is 0 Å². The number of piperidine rings is 1. The van der Waals surface area contributed by atoms with Crippen molar-refractivity contribution in [3.8, 4) is 11.3 Å². The van der Waals surface area contributed by atoms with Crippen molar-refractivity contribution in [2.75, 3.05) is 75.2 Å². The van der Waals surface area contributed by atoms with Gasteiger partial charge in [-0.15, -0.1) is 0 Å². The summed E-state index contributed by atoms with van der Waals surface area (Å²) in [6, 6.07) is 9.76. The fourth-order valence-corrected chi connectivity index (χ4v) is 7.14. The van der Waals surface area contributed by atoms with E-state index in [1.165, 1.54) is 10.4 Å². The number of fused-ring (bicyclic) bond motifs is 1. The second kappa shape index (κ2) is 11.8. The van der Waals surface area contributed by atoms with Gasteiger partial charge in [-0.05, 0) is 42.7 Å².